The molecule has 29 heavy (non-hydrogen) atoms. The number of ether oxygens (including phenoxy) is 3. The highest BCUT2D eigenvalue weighted by atomic mass is 79.9. The van der Waals surface area contributed by atoms with Crippen molar-refractivity contribution in [2.45, 2.75) is 39.5 Å². The second kappa shape index (κ2) is 12.2. The number of rotatable bonds is 10. The van der Waals surface area contributed by atoms with Gasteiger partial charge in [0.2, 0.25) is 5.91 Å². The van der Waals surface area contributed by atoms with Gasteiger partial charge in [-0.2, -0.15) is 0 Å². The fourth-order valence-electron chi connectivity index (χ4n) is 2.27. The van der Waals surface area contributed by atoms with Crippen LogP contribution in [0.3, 0.4) is 0 Å². The maximum Gasteiger partial charge on any atom is 0.412 e. The maximum atomic E-state index is 12.7. The molecule has 0 heterocycles. The van der Waals surface area contributed by atoms with Gasteiger partial charge in [-0.1, -0.05) is 48.5 Å². The van der Waals surface area contributed by atoms with E-state index in [-0.39, 0.29) is 24.9 Å². The van der Waals surface area contributed by atoms with Crippen LogP contribution in [-0.2, 0) is 30.4 Å². The quantitative estimate of drug-likeness (QED) is 0.402. The van der Waals surface area contributed by atoms with Gasteiger partial charge in [-0.3, -0.25) is 4.79 Å². The molecule has 2 N–H and O–H groups in total. The third-order valence-electron chi connectivity index (χ3n) is 3.76. The largest absolute Gasteiger partial charge is 0.467 e. The number of amides is 2. The molecule has 0 aromatic heterocycles. The lowest BCUT2D eigenvalue weighted by Gasteiger charge is -2.24. The van der Waals surface area contributed by atoms with E-state index in [1.807, 2.05) is 24.3 Å². The number of benzene rings is 1. The van der Waals surface area contributed by atoms with Crippen molar-refractivity contribution < 1.29 is 28.6 Å². The molecule has 9 heteroatoms. The maximum absolute atomic E-state index is 12.7. The van der Waals surface area contributed by atoms with E-state index in [0.29, 0.717) is 0 Å². The zero-order chi connectivity index (χ0) is 22.0. The van der Waals surface area contributed by atoms with Crippen LogP contribution in [0.4, 0.5) is 4.79 Å². The smallest absolute Gasteiger partial charge is 0.412 e. The first-order valence-electron chi connectivity index (χ1n) is 8.98. The predicted molar refractivity (Wildman–Crippen MR) is 111 cm³/mol. The summed E-state index contributed by atoms with van der Waals surface area (Å²) < 4.78 is 16.1. The van der Waals surface area contributed by atoms with Crippen LogP contribution in [0, 0.1) is 5.92 Å². The molecule has 0 aliphatic heterocycles. The summed E-state index contributed by atoms with van der Waals surface area (Å²) in [5, 5.41) is 5.02. The second-order valence-electron chi connectivity index (χ2n) is 6.68. The number of nitrogens with one attached hydrogen (secondary N) is 2. The van der Waals surface area contributed by atoms with E-state index in [1.54, 1.807) is 13.8 Å². The Morgan fingerprint density at radius 1 is 1.14 bits per heavy atom. The highest BCUT2D eigenvalue weighted by Crippen LogP contribution is 2.11. The molecular weight excluding hydrogens is 444 g/mol. The minimum absolute atomic E-state index is 0.126. The summed E-state index contributed by atoms with van der Waals surface area (Å²) in [5.41, 5.74) is 0.895. The minimum atomic E-state index is -1.08. The Morgan fingerprint density at radius 3 is 2.28 bits per heavy atom. The number of esters is 1. The first kappa shape index (κ1) is 24.6. The summed E-state index contributed by atoms with van der Waals surface area (Å²) in [6.45, 7) is 8.63. The molecule has 0 unspecified atom stereocenters. The highest BCUT2D eigenvalue weighted by Gasteiger charge is 2.29. The van der Waals surface area contributed by atoms with Crippen molar-refractivity contribution in [3.63, 3.8) is 0 Å². The van der Waals surface area contributed by atoms with E-state index in [2.05, 4.69) is 33.1 Å². The Morgan fingerprint density at radius 2 is 1.76 bits per heavy atom. The molecule has 0 fully saturated rings. The zero-order valence-corrected chi connectivity index (χ0v) is 18.6. The molecule has 0 bridgehead atoms. The number of alkyl carbamates (subject to hydrolysis) is 1. The van der Waals surface area contributed by atoms with Gasteiger partial charge in [-0.05, 0) is 30.5 Å². The molecule has 0 saturated heterocycles. The van der Waals surface area contributed by atoms with Gasteiger partial charge in [-0.25, -0.2) is 9.59 Å². The molecule has 0 aliphatic carbocycles. The molecule has 1 aromatic carbocycles. The molecule has 0 saturated carbocycles. The molecule has 2 atom stereocenters. The number of methoxy groups -OCH3 is 1. The summed E-state index contributed by atoms with van der Waals surface area (Å²) in [6.07, 6.45) is -0.843. The van der Waals surface area contributed by atoms with Crippen LogP contribution in [0.5, 0.6) is 0 Å². The Bertz CT molecular complexity index is 720. The molecule has 0 spiro atoms. The van der Waals surface area contributed by atoms with Gasteiger partial charge in [-0.15, -0.1) is 0 Å². The van der Waals surface area contributed by atoms with Crippen LogP contribution in [0.2, 0.25) is 0 Å². The number of hydrogen-bond donors (Lipinski definition) is 2. The van der Waals surface area contributed by atoms with Gasteiger partial charge < -0.3 is 24.8 Å². The first-order valence-corrected chi connectivity index (χ1v) is 9.77. The van der Waals surface area contributed by atoms with Crippen LogP contribution in [0.25, 0.3) is 0 Å². The Labute approximate surface area is 179 Å². The number of hydrogen-bond acceptors (Lipinski definition) is 6. The van der Waals surface area contributed by atoms with Crippen LogP contribution >= 0.6 is 15.9 Å². The first-order chi connectivity index (χ1) is 13.6. The topological polar surface area (TPSA) is 103 Å². The standard InChI is InChI=1S/C20H27BrN2O6/c1-12(2)17(19(25)27-5)23-18(24)16(22-20(26)29-13(3)4)11-28-10-14-6-8-15(21)9-7-14/h6-9,12,16-17H,3,10-11H2,1-2,4-5H3,(H,22,26)(H,23,24)/t16-,17+/m0/s1. The van der Waals surface area contributed by atoms with E-state index in [9.17, 15) is 14.4 Å². The Hall–Kier alpha value is -2.39. The van der Waals surface area contributed by atoms with Crippen molar-refractivity contribution in [3.05, 3.63) is 46.6 Å². The fourth-order valence-corrected chi connectivity index (χ4v) is 2.53. The van der Waals surface area contributed by atoms with Crippen LogP contribution in [-0.4, -0.2) is 43.8 Å². The minimum Gasteiger partial charge on any atom is -0.467 e. The van der Waals surface area contributed by atoms with Crippen molar-refractivity contribution in [1.82, 2.24) is 10.6 Å². The van der Waals surface area contributed by atoms with Gasteiger partial charge in [0.1, 0.15) is 12.1 Å². The lowest BCUT2D eigenvalue weighted by atomic mass is 10.0. The van der Waals surface area contributed by atoms with Crippen molar-refractivity contribution in [2.24, 2.45) is 5.92 Å². The molecule has 2 amide bonds. The SMILES string of the molecule is C=C(C)OC(=O)N[C@@H](COCc1ccc(Br)cc1)C(=O)N[C@@H](C(=O)OC)C(C)C. The van der Waals surface area contributed by atoms with Crippen molar-refractivity contribution in [1.29, 1.82) is 0 Å². The van der Waals surface area contributed by atoms with Crippen molar-refractivity contribution in [2.75, 3.05) is 13.7 Å². The van der Waals surface area contributed by atoms with E-state index in [4.69, 9.17) is 14.2 Å². The molecule has 0 aliphatic rings. The Kier molecular flexibility index (Phi) is 10.4. The number of allylic oxidation sites excluding steroid dienone is 1. The van der Waals surface area contributed by atoms with Crippen LogP contribution in [0.15, 0.2) is 41.1 Å². The van der Waals surface area contributed by atoms with Crippen LogP contribution < -0.4 is 10.6 Å². The van der Waals surface area contributed by atoms with Crippen molar-refractivity contribution >= 4 is 33.9 Å². The zero-order valence-electron chi connectivity index (χ0n) is 17.0. The molecule has 8 nitrogen and oxygen atoms in total. The van der Waals surface area contributed by atoms with Crippen LogP contribution in [0.1, 0.15) is 26.3 Å². The second-order valence-corrected chi connectivity index (χ2v) is 7.60. The van der Waals surface area contributed by atoms with Gasteiger partial charge in [0.25, 0.3) is 0 Å². The normalized spacial score (nSPS) is 12.6. The summed E-state index contributed by atoms with van der Waals surface area (Å²) in [7, 11) is 1.24. The number of halogens is 1. The van der Waals surface area contributed by atoms with E-state index < -0.39 is 30.1 Å². The Balaban J connectivity index is 2.80. The molecular formula is C20H27BrN2O6. The molecule has 1 rings (SSSR count). The summed E-state index contributed by atoms with van der Waals surface area (Å²) in [6, 6.07) is 5.54. The van der Waals surface area contributed by atoms with E-state index >= 15 is 0 Å². The highest BCUT2D eigenvalue weighted by molar-refractivity contribution is 9.10. The fraction of sp³-hybridized carbons (Fsp3) is 0.450. The number of carbonyl (C=O) groups is 3. The predicted octanol–water partition coefficient (Wildman–Crippen LogP) is 2.91. The molecule has 160 valence electrons. The van der Waals surface area contributed by atoms with Crippen molar-refractivity contribution in [3.8, 4) is 0 Å². The average molecular weight is 471 g/mol. The lowest BCUT2D eigenvalue weighted by Crippen LogP contribution is -2.55. The van der Waals surface area contributed by atoms with Gasteiger partial charge in [0.05, 0.1) is 26.1 Å². The number of carbonyl (C=O) groups excluding carboxylic acids is 3. The molecule has 0 radical (unpaired) electrons. The van der Waals surface area contributed by atoms with Gasteiger partial charge in [0, 0.05) is 4.47 Å². The summed E-state index contributed by atoms with van der Waals surface area (Å²) in [5.74, 6) is -1.21. The molecule has 1 aromatic rings. The van der Waals surface area contributed by atoms with Gasteiger partial charge in [0.15, 0.2) is 0 Å². The monoisotopic (exact) mass is 470 g/mol. The third kappa shape index (κ3) is 9.10. The summed E-state index contributed by atoms with van der Waals surface area (Å²) in [4.78, 5) is 36.5. The average Bonchev–Trinajstić information content (AvgIpc) is 2.65. The lowest BCUT2D eigenvalue weighted by molar-refractivity contribution is -0.146. The van der Waals surface area contributed by atoms with Gasteiger partial charge >= 0.3 is 12.1 Å². The van der Waals surface area contributed by atoms with E-state index in [1.165, 1.54) is 14.0 Å². The summed E-state index contributed by atoms with van der Waals surface area (Å²) >= 11 is 3.35. The van der Waals surface area contributed by atoms with E-state index in [0.717, 1.165) is 10.0 Å². The third-order valence-corrected chi connectivity index (χ3v) is 4.29.